The summed E-state index contributed by atoms with van der Waals surface area (Å²) < 4.78 is 10.3. The van der Waals surface area contributed by atoms with Gasteiger partial charge in [0.2, 0.25) is 0 Å². The fourth-order valence-electron chi connectivity index (χ4n) is 1.65. The van der Waals surface area contributed by atoms with Crippen LogP contribution in [0, 0.1) is 0 Å². The van der Waals surface area contributed by atoms with E-state index in [2.05, 4.69) is 15.5 Å². The second-order valence-electron chi connectivity index (χ2n) is 3.81. The van der Waals surface area contributed by atoms with Crippen LogP contribution in [0.5, 0.6) is 0 Å². The van der Waals surface area contributed by atoms with E-state index in [4.69, 9.17) is 9.47 Å². The highest BCUT2D eigenvalue weighted by Crippen LogP contribution is 2.19. The van der Waals surface area contributed by atoms with Gasteiger partial charge in [-0.15, -0.1) is 0 Å². The zero-order chi connectivity index (χ0) is 12.6. The van der Waals surface area contributed by atoms with Crippen LogP contribution >= 0.6 is 0 Å². The lowest BCUT2D eigenvalue weighted by Crippen LogP contribution is -2.12. The molecular formula is C13H17N3O2. The zero-order valence-corrected chi connectivity index (χ0v) is 10.4. The molecule has 1 aromatic carbocycles. The number of aromatic nitrogens is 2. The molecule has 5 heteroatoms. The third kappa shape index (κ3) is 3.38. The largest absolute Gasteiger partial charge is 0.382 e. The molecule has 0 radical (unpaired) electrons. The quantitative estimate of drug-likeness (QED) is 0.755. The van der Waals surface area contributed by atoms with Gasteiger partial charge in [0, 0.05) is 19.0 Å². The van der Waals surface area contributed by atoms with E-state index < -0.39 is 0 Å². The Morgan fingerprint density at radius 1 is 1.17 bits per heavy atom. The fraction of sp³-hybridized carbons (Fsp3) is 0.385. The third-order valence-electron chi connectivity index (χ3n) is 2.54. The lowest BCUT2D eigenvalue weighted by Gasteiger charge is -2.08. The Hall–Kier alpha value is -1.72. The van der Waals surface area contributed by atoms with Gasteiger partial charge >= 0.3 is 0 Å². The van der Waals surface area contributed by atoms with Crippen molar-refractivity contribution in [3.63, 3.8) is 0 Å². The SMILES string of the molecule is COCCOCCNc1cnnc2ccccc12. The molecule has 0 saturated carbocycles. The Kier molecular flexibility index (Phi) is 4.87. The Labute approximate surface area is 106 Å². The van der Waals surface area contributed by atoms with Crippen molar-refractivity contribution in [3.8, 4) is 0 Å². The molecule has 5 nitrogen and oxygen atoms in total. The number of hydrogen-bond donors (Lipinski definition) is 1. The van der Waals surface area contributed by atoms with Crippen LogP contribution in [-0.4, -0.2) is 43.7 Å². The lowest BCUT2D eigenvalue weighted by atomic mass is 10.2. The standard InChI is InChI=1S/C13H17N3O2/c1-17-8-9-18-7-6-14-13-10-15-16-12-5-3-2-4-11(12)13/h2-5,10H,6-9H2,1H3,(H,14,16). The molecule has 2 rings (SSSR count). The van der Waals surface area contributed by atoms with E-state index >= 15 is 0 Å². The third-order valence-corrected chi connectivity index (χ3v) is 2.54. The van der Waals surface area contributed by atoms with Gasteiger partial charge in [-0.1, -0.05) is 18.2 Å². The molecule has 2 aromatic rings. The minimum Gasteiger partial charge on any atom is -0.382 e. The predicted octanol–water partition coefficient (Wildman–Crippen LogP) is 1.70. The van der Waals surface area contributed by atoms with Crippen LogP contribution in [0.25, 0.3) is 10.9 Å². The number of rotatable bonds is 7. The summed E-state index contributed by atoms with van der Waals surface area (Å²) in [4.78, 5) is 0. The average molecular weight is 247 g/mol. The average Bonchev–Trinajstić information content (AvgIpc) is 2.43. The molecule has 1 heterocycles. The molecule has 0 aliphatic heterocycles. The monoisotopic (exact) mass is 247 g/mol. The summed E-state index contributed by atoms with van der Waals surface area (Å²) in [5.74, 6) is 0. The molecule has 0 saturated heterocycles. The van der Waals surface area contributed by atoms with Crippen molar-refractivity contribution in [2.45, 2.75) is 0 Å². The van der Waals surface area contributed by atoms with Crippen LogP contribution in [0.3, 0.4) is 0 Å². The number of methoxy groups -OCH3 is 1. The summed E-state index contributed by atoms with van der Waals surface area (Å²) in [5, 5.41) is 12.4. The van der Waals surface area contributed by atoms with Crippen molar-refractivity contribution in [1.29, 1.82) is 0 Å². The van der Waals surface area contributed by atoms with E-state index in [9.17, 15) is 0 Å². The second kappa shape index (κ2) is 6.88. The summed E-state index contributed by atoms with van der Waals surface area (Å²) in [6, 6.07) is 7.92. The number of nitrogens with one attached hydrogen (secondary N) is 1. The molecular weight excluding hydrogens is 230 g/mol. The fourth-order valence-corrected chi connectivity index (χ4v) is 1.65. The number of fused-ring (bicyclic) bond motifs is 1. The van der Waals surface area contributed by atoms with Crippen LogP contribution in [0.1, 0.15) is 0 Å². The van der Waals surface area contributed by atoms with Crippen molar-refractivity contribution in [2.24, 2.45) is 0 Å². The van der Waals surface area contributed by atoms with E-state index in [1.807, 2.05) is 24.3 Å². The summed E-state index contributed by atoms with van der Waals surface area (Å²) in [7, 11) is 1.66. The highest BCUT2D eigenvalue weighted by atomic mass is 16.5. The van der Waals surface area contributed by atoms with Gasteiger partial charge in [0.05, 0.1) is 37.2 Å². The van der Waals surface area contributed by atoms with Gasteiger partial charge < -0.3 is 14.8 Å². The van der Waals surface area contributed by atoms with Crippen molar-refractivity contribution >= 4 is 16.6 Å². The highest BCUT2D eigenvalue weighted by Gasteiger charge is 2.00. The maximum atomic E-state index is 5.38. The number of ether oxygens (including phenoxy) is 2. The van der Waals surface area contributed by atoms with Crippen LogP contribution in [0.4, 0.5) is 5.69 Å². The van der Waals surface area contributed by atoms with E-state index in [1.54, 1.807) is 13.3 Å². The first kappa shape index (κ1) is 12.7. The maximum Gasteiger partial charge on any atom is 0.0950 e. The summed E-state index contributed by atoms with van der Waals surface area (Å²) in [5.41, 5.74) is 1.87. The Balaban J connectivity index is 1.88. The van der Waals surface area contributed by atoms with Gasteiger partial charge in [-0.2, -0.15) is 10.2 Å². The first-order chi connectivity index (χ1) is 8.92. The molecule has 1 aromatic heterocycles. The van der Waals surface area contributed by atoms with Crippen molar-refractivity contribution < 1.29 is 9.47 Å². The summed E-state index contributed by atoms with van der Waals surface area (Å²) in [6.45, 7) is 2.62. The normalized spacial score (nSPS) is 10.7. The molecule has 96 valence electrons. The Morgan fingerprint density at radius 2 is 2.06 bits per heavy atom. The van der Waals surface area contributed by atoms with Crippen molar-refractivity contribution in [2.75, 3.05) is 38.8 Å². The van der Waals surface area contributed by atoms with Crippen LogP contribution in [0.15, 0.2) is 30.5 Å². The van der Waals surface area contributed by atoms with Gasteiger partial charge in [-0.25, -0.2) is 0 Å². The molecule has 0 aliphatic carbocycles. The van der Waals surface area contributed by atoms with Gasteiger partial charge in [-0.3, -0.25) is 0 Å². The minimum atomic E-state index is 0.619. The molecule has 0 amide bonds. The number of hydrogen-bond acceptors (Lipinski definition) is 5. The highest BCUT2D eigenvalue weighted by molar-refractivity contribution is 5.90. The molecule has 18 heavy (non-hydrogen) atoms. The minimum absolute atomic E-state index is 0.619. The maximum absolute atomic E-state index is 5.38. The van der Waals surface area contributed by atoms with Gasteiger partial charge in [0.1, 0.15) is 0 Å². The predicted molar refractivity (Wildman–Crippen MR) is 70.7 cm³/mol. The Bertz CT molecular complexity index is 485. The van der Waals surface area contributed by atoms with E-state index in [0.717, 1.165) is 23.1 Å². The zero-order valence-electron chi connectivity index (χ0n) is 10.4. The van der Waals surface area contributed by atoms with Crippen LogP contribution in [-0.2, 0) is 9.47 Å². The molecule has 0 fully saturated rings. The van der Waals surface area contributed by atoms with Crippen molar-refractivity contribution in [3.05, 3.63) is 30.5 Å². The smallest absolute Gasteiger partial charge is 0.0950 e. The van der Waals surface area contributed by atoms with E-state index in [1.165, 1.54) is 0 Å². The van der Waals surface area contributed by atoms with E-state index in [0.29, 0.717) is 19.8 Å². The number of nitrogens with zero attached hydrogens (tertiary/aromatic N) is 2. The van der Waals surface area contributed by atoms with Crippen LogP contribution < -0.4 is 5.32 Å². The summed E-state index contributed by atoms with van der Waals surface area (Å²) >= 11 is 0. The topological polar surface area (TPSA) is 56.3 Å². The second-order valence-corrected chi connectivity index (χ2v) is 3.81. The van der Waals surface area contributed by atoms with Crippen molar-refractivity contribution in [1.82, 2.24) is 10.2 Å². The van der Waals surface area contributed by atoms with E-state index in [-0.39, 0.29) is 0 Å². The van der Waals surface area contributed by atoms with Gasteiger partial charge in [0.15, 0.2) is 0 Å². The molecule has 0 aliphatic rings. The molecule has 0 spiro atoms. The number of anilines is 1. The van der Waals surface area contributed by atoms with Crippen LogP contribution in [0.2, 0.25) is 0 Å². The lowest BCUT2D eigenvalue weighted by molar-refractivity contribution is 0.0759. The number of benzene rings is 1. The molecule has 0 unspecified atom stereocenters. The van der Waals surface area contributed by atoms with Gasteiger partial charge in [-0.05, 0) is 6.07 Å². The molecule has 0 atom stereocenters. The summed E-state index contributed by atoms with van der Waals surface area (Å²) in [6.07, 6.45) is 1.73. The Morgan fingerprint density at radius 3 is 2.94 bits per heavy atom. The molecule has 0 bridgehead atoms. The van der Waals surface area contributed by atoms with Gasteiger partial charge in [0.25, 0.3) is 0 Å². The first-order valence-corrected chi connectivity index (χ1v) is 5.93. The molecule has 1 N–H and O–H groups in total. The first-order valence-electron chi connectivity index (χ1n) is 5.93.